The van der Waals surface area contributed by atoms with Crippen LogP contribution in [0.3, 0.4) is 0 Å². The molecule has 2 aliphatic heterocycles. The summed E-state index contributed by atoms with van der Waals surface area (Å²) in [6.07, 6.45) is 1.06. The van der Waals surface area contributed by atoms with Crippen molar-refractivity contribution in [3.63, 3.8) is 0 Å². The third-order valence-corrected chi connectivity index (χ3v) is 10.3. The Kier molecular flexibility index (Phi) is 6.84. The van der Waals surface area contributed by atoms with Crippen molar-refractivity contribution >= 4 is 35.4 Å². The Hall–Kier alpha value is -5.25. The van der Waals surface area contributed by atoms with E-state index < -0.39 is 64.7 Å². The molecule has 1 saturated carbocycles. The first kappa shape index (κ1) is 29.5. The zero-order valence-electron chi connectivity index (χ0n) is 25.6. The maximum Gasteiger partial charge on any atom is 0.423 e. The number of amides is 5. The van der Waals surface area contributed by atoms with Gasteiger partial charge in [0.05, 0.1) is 36.0 Å². The number of fused-ring (bicyclic) bond motifs is 4. The number of aromatic hydroxyl groups is 1. The van der Waals surface area contributed by atoms with Crippen LogP contribution < -0.4 is 5.43 Å². The van der Waals surface area contributed by atoms with Gasteiger partial charge in [-0.15, -0.1) is 0 Å². The Bertz CT molecular complexity index is 1840. The van der Waals surface area contributed by atoms with E-state index in [9.17, 15) is 24.3 Å². The topological polar surface area (TPSA) is 133 Å². The Morgan fingerprint density at radius 1 is 0.891 bits per heavy atom. The van der Waals surface area contributed by atoms with Crippen molar-refractivity contribution in [1.82, 2.24) is 9.91 Å². The van der Waals surface area contributed by atoms with Crippen LogP contribution in [0.15, 0.2) is 84.4 Å². The van der Waals surface area contributed by atoms with Gasteiger partial charge in [-0.3, -0.25) is 24.6 Å². The predicted molar refractivity (Wildman–Crippen MR) is 166 cm³/mol. The van der Waals surface area contributed by atoms with Gasteiger partial charge in [0, 0.05) is 11.5 Å². The van der Waals surface area contributed by atoms with Crippen molar-refractivity contribution in [2.75, 3.05) is 12.5 Å². The summed E-state index contributed by atoms with van der Waals surface area (Å²) in [6.45, 7) is 3.70. The summed E-state index contributed by atoms with van der Waals surface area (Å²) in [5, 5.41) is 12.7. The average Bonchev–Trinajstić information content (AvgIpc) is 3.44. The normalized spacial score (nSPS) is 28.4. The number of nitrogens with zero attached hydrogens (tertiary/aromatic N) is 2. The van der Waals surface area contributed by atoms with E-state index in [0.29, 0.717) is 32.9 Å². The van der Waals surface area contributed by atoms with Crippen LogP contribution >= 0.6 is 0 Å². The molecule has 234 valence electrons. The van der Waals surface area contributed by atoms with Gasteiger partial charge in [0.25, 0.3) is 11.8 Å². The number of aryl methyl sites for hydroxylation is 2. The van der Waals surface area contributed by atoms with Crippen molar-refractivity contribution < 1.29 is 33.8 Å². The molecule has 2 N–H and O–H groups in total. The minimum atomic E-state index is -1.50. The van der Waals surface area contributed by atoms with E-state index in [1.807, 2.05) is 55.5 Å². The highest BCUT2D eigenvalue weighted by Crippen LogP contribution is 2.65. The Morgan fingerprint density at radius 3 is 2.30 bits per heavy atom. The fraction of sp³-hybridized carbons (Fsp3) is 0.306. The summed E-state index contributed by atoms with van der Waals surface area (Å²) in [5.74, 6) is -6.53. The van der Waals surface area contributed by atoms with Crippen molar-refractivity contribution in [2.24, 2.45) is 23.7 Å². The number of anilines is 1. The minimum absolute atomic E-state index is 0.0135. The van der Waals surface area contributed by atoms with Crippen LogP contribution in [0.25, 0.3) is 0 Å². The lowest BCUT2D eigenvalue weighted by molar-refractivity contribution is -0.140. The molecule has 7 rings (SSSR count). The van der Waals surface area contributed by atoms with Crippen LogP contribution in [0.1, 0.15) is 41.0 Å². The summed E-state index contributed by atoms with van der Waals surface area (Å²) >= 11 is 0. The molecule has 0 bridgehead atoms. The lowest BCUT2D eigenvalue weighted by atomic mass is 9.49. The fourth-order valence-electron chi connectivity index (χ4n) is 8.28. The number of carbonyl (C=O) groups excluding carboxylic acids is 5. The molecule has 2 heterocycles. The fourth-order valence-corrected chi connectivity index (χ4v) is 8.28. The number of ether oxygens (including phenoxy) is 1. The minimum Gasteiger partial charge on any atom is -0.507 e. The van der Waals surface area contributed by atoms with Crippen molar-refractivity contribution in [2.45, 2.75) is 38.0 Å². The largest absolute Gasteiger partial charge is 0.507 e. The summed E-state index contributed by atoms with van der Waals surface area (Å²) in [5.41, 5.74) is 5.44. The van der Waals surface area contributed by atoms with Gasteiger partial charge in [0.2, 0.25) is 11.8 Å². The monoisotopic (exact) mass is 619 g/mol. The van der Waals surface area contributed by atoms with E-state index in [1.165, 1.54) is 0 Å². The Morgan fingerprint density at radius 2 is 1.61 bits per heavy atom. The maximum atomic E-state index is 15.1. The first-order valence-electron chi connectivity index (χ1n) is 15.3. The van der Waals surface area contributed by atoms with E-state index >= 15 is 4.79 Å². The molecular formula is C36H33N3O7. The van der Waals surface area contributed by atoms with E-state index in [-0.39, 0.29) is 18.6 Å². The van der Waals surface area contributed by atoms with Crippen molar-refractivity contribution in [3.8, 4) is 5.75 Å². The number of hydrogen-bond acceptors (Lipinski definition) is 8. The molecule has 3 fully saturated rings. The van der Waals surface area contributed by atoms with Gasteiger partial charge in [-0.05, 0) is 55.9 Å². The number of allylic oxidation sites excluding steroid dienone is 2. The molecular weight excluding hydrogens is 586 g/mol. The molecule has 0 spiro atoms. The molecule has 2 saturated heterocycles. The summed E-state index contributed by atoms with van der Waals surface area (Å²) in [6, 6.07) is 21.7. The second-order valence-electron chi connectivity index (χ2n) is 12.6. The third-order valence-electron chi connectivity index (χ3n) is 10.3. The SMILES string of the molecule is COC(=O)N1C(=O)[C@H]2[C@H](CC=C3[C@H]2C[C@H]2C(=O)N(Nc4ccc(C)cc4)C(=O)[C@@]2(c2ccccc2)[C@H]3c2cccc(C)c2O)C1=O. The number of methoxy groups -OCH3 is 1. The molecule has 10 heteroatoms. The van der Waals surface area contributed by atoms with Gasteiger partial charge in [-0.1, -0.05) is 77.9 Å². The zero-order valence-corrected chi connectivity index (χ0v) is 25.6. The molecule has 3 aromatic carbocycles. The van der Waals surface area contributed by atoms with E-state index in [1.54, 1.807) is 37.3 Å². The molecule has 46 heavy (non-hydrogen) atoms. The highest BCUT2D eigenvalue weighted by atomic mass is 16.5. The third kappa shape index (κ3) is 3.98. The van der Waals surface area contributed by atoms with Crippen molar-refractivity contribution in [3.05, 3.63) is 107 Å². The van der Waals surface area contributed by atoms with E-state index in [4.69, 9.17) is 4.74 Å². The first-order valence-corrected chi connectivity index (χ1v) is 15.3. The van der Waals surface area contributed by atoms with Crippen LogP contribution in [0.4, 0.5) is 10.5 Å². The zero-order chi connectivity index (χ0) is 32.5. The number of imide groups is 4. The number of hydrazine groups is 1. The van der Waals surface area contributed by atoms with Crippen LogP contribution in [0.5, 0.6) is 5.75 Å². The van der Waals surface area contributed by atoms with Crippen LogP contribution in [0, 0.1) is 37.5 Å². The maximum absolute atomic E-state index is 15.1. The molecule has 10 nitrogen and oxygen atoms in total. The molecule has 4 aliphatic rings. The molecule has 2 aliphatic carbocycles. The number of likely N-dealkylation sites (tertiary alicyclic amines) is 1. The van der Waals surface area contributed by atoms with Gasteiger partial charge in [0.15, 0.2) is 0 Å². The summed E-state index contributed by atoms with van der Waals surface area (Å²) in [7, 11) is 1.11. The number of para-hydroxylation sites is 1. The Labute approximate surface area is 265 Å². The molecule has 3 aromatic rings. The number of phenolic OH excluding ortho intramolecular Hbond substituents is 1. The summed E-state index contributed by atoms with van der Waals surface area (Å²) in [4.78, 5) is 70.0. The van der Waals surface area contributed by atoms with Crippen molar-refractivity contribution in [1.29, 1.82) is 0 Å². The standard InChI is InChI=1S/C36H33N3O7/c1-19-12-14-22(15-13-19)37-39-32(42)27-18-26-23(16-17-24-28(26)33(43)38(31(24)41)35(45)46-3)29(25-11-7-8-20(2)30(25)40)36(27,34(39)44)21-9-5-4-6-10-21/h4-16,24,26-29,37,40H,17-18H2,1-3H3/t24-,26+,27-,28-,29+,36+/m0/s1. The number of phenols is 1. The number of hydrogen-bond donors (Lipinski definition) is 2. The van der Waals surface area contributed by atoms with E-state index in [2.05, 4.69) is 5.43 Å². The number of nitrogens with one attached hydrogen (secondary N) is 1. The Balaban J connectivity index is 1.46. The van der Waals surface area contributed by atoms with Gasteiger partial charge in [-0.25, -0.2) is 4.79 Å². The lowest BCUT2D eigenvalue weighted by Crippen LogP contribution is -2.53. The average molecular weight is 620 g/mol. The lowest BCUT2D eigenvalue weighted by Gasteiger charge is -2.50. The van der Waals surface area contributed by atoms with Gasteiger partial charge in [-0.2, -0.15) is 9.91 Å². The first-order chi connectivity index (χ1) is 22.1. The molecule has 0 aromatic heterocycles. The van der Waals surface area contributed by atoms with E-state index in [0.717, 1.165) is 17.7 Å². The highest BCUT2D eigenvalue weighted by Gasteiger charge is 2.71. The van der Waals surface area contributed by atoms with Gasteiger partial charge < -0.3 is 9.84 Å². The highest BCUT2D eigenvalue weighted by molar-refractivity contribution is 6.16. The molecule has 6 atom stereocenters. The second-order valence-corrected chi connectivity index (χ2v) is 12.6. The van der Waals surface area contributed by atoms with Gasteiger partial charge in [0.1, 0.15) is 5.75 Å². The van der Waals surface area contributed by atoms with Crippen LogP contribution in [-0.4, -0.2) is 51.8 Å². The predicted octanol–water partition coefficient (Wildman–Crippen LogP) is 4.76. The van der Waals surface area contributed by atoms with Crippen LogP contribution in [0.2, 0.25) is 0 Å². The number of benzene rings is 3. The smallest absolute Gasteiger partial charge is 0.423 e. The molecule has 0 radical (unpaired) electrons. The quantitative estimate of drug-likeness (QED) is 0.316. The number of carbonyl (C=O) groups is 5. The summed E-state index contributed by atoms with van der Waals surface area (Å²) < 4.78 is 4.77. The molecule has 0 unspecified atom stereocenters. The number of rotatable bonds is 4. The second kappa shape index (κ2) is 10.7. The van der Waals surface area contributed by atoms with Gasteiger partial charge >= 0.3 is 6.09 Å². The molecule has 5 amide bonds. The van der Waals surface area contributed by atoms with Crippen LogP contribution in [-0.2, 0) is 29.3 Å².